The van der Waals surface area contributed by atoms with Crippen LogP contribution in [-0.4, -0.2) is 33.7 Å². The van der Waals surface area contributed by atoms with Crippen LogP contribution in [0.4, 0.5) is 17.2 Å². The van der Waals surface area contributed by atoms with E-state index in [0.717, 1.165) is 5.56 Å². The molecule has 2 aromatic carbocycles. The standard InChI is InChI=1S/C22H21N5O3S/c1-14-6-8-16(9-7-14)22(30)25-19-10-11-21(27-26-19)31-13-20(29)24-18-5-3-4-17(12-18)23-15(2)28/h3-12H,13H2,1-2H3,(H,23,28)(H,24,29)(H,25,26,30). The summed E-state index contributed by atoms with van der Waals surface area (Å²) in [7, 11) is 0. The number of amides is 3. The van der Waals surface area contributed by atoms with Gasteiger partial charge in [-0.05, 0) is 49.4 Å². The molecule has 0 radical (unpaired) electrons. The maximum absolute atomic E-state index is 12.2. The van der Waals surface area contributed by atoms with Gasteiger partial charge in [0.15, 0.2) is 5.82 Å². The van der Waals surface area contributed by atoms with Gasteiger partial charge in [-0.25, -0.2) is 0 Å². The number of aryl methyl sites for hydroxylation is 1. The molecule has 0 fully saturated rings. The average molecular weight is 436 g/mol. The van der Waals surface area contributed by atoms with Crippen molar-refractivity contribution in [1.29, 1.82) is 0 Å². The Hall–Kier alpha value is -3.72. The molecule has 0 atom stereocenters. The van der Waals surface area contributed by atoms with Crippen LogP contribution in [0.15, 0.2) is 65.7 Å². The Labute approximate surface area is 183 Å². The third-order valence-corrected chi connectivity index (χ3v) is 4.93. The van der Waals surface area contributed by atoms with E-state index in [0.29, 0.717) is 27.8 Å². The van der Waals surface area contributed by atoms with E-state index in [2.05, 4.69) is 26.1 Å². The first kappa shape index (κ1) is 22.0. The van der Waals surface area contributed by atoms with E-state index in [1.807, 2.05) is 19.1 Å². The van der Waals surface area contributed by atoms with Crippen LogP contribution < -0.4 is 16.0 Å². The maximum Gasteiger partial charge on any atom is 0.256 e. The number of aromatic nitrogens is 2. The number of carbonyl (C=O) groups excluding carboxylic acids is 3. The summed E-state index contributed by atoms with van der Waals surface area (Å²) in [5.74, 6) is -0.210. The van der Waals surface area contributed by atoms with Gasteiger partial charge < -0.3 is 16.0 Å². The number of nitrogens with one attached hydrogen (secondary N) is 3. The van der Waals surface area contributed by atoms with Crippen LogP contribution in [0.3, 0.4) is 0 Å². The largest absolute Gasteiger partial charge is 0.326 e. The molecule has 1 aromatic heterocycles. The predicted molar refractivity (Wildman–Crippen MR) is 121 cm³/mol. The Morgan fingerprint density at radius 2 is 1.58 bits per heavy atom. The first-order chi connectivity index (χ1) is 14.9. The number of anilines is 3. The molecule has 9 heteroatoms. The zero-order valence-corrected chi connectivity index (χ0v) is 17.8. The topological polar surface area (TPSA) is 113 Å². The first-order valence-electron chi connectivity index (χ1n) is 9.41. The highest BCUT2D eigenvalue weighted by Gasteiger charge is 2.09. The molecule has 0 saturated carbocycles. The molecule has 3 rings (SSSR count). The fourth-order valence-electron chi connectivity index (χ4n) is 2.57. The number of nitrogens with zero attached hydrogens (tertiary/aromatic N) is 2. The van der Waals surface area contributed by atoms with Crippen LogP contribution in [0.2, 0.25) is 0 Å². The lowest BCUT2D eigenvalue weighted by atomic mass is 10.1. The van der Waals surface area contributed by atoms with Crippen molar-refractivity contribution in [2.75, 3.05) is 21.7 Å². The van der Waals surface area contributed by atoms with Gasteiger partial charge in [0, 0.05) is 23.9 Å². The number of carbonyl (C=O) groups is 3. The second-order valence-corrected chi connectivity index (χ2v) is 7.67. The van der Waals surface area contributed by atoms with Crippen LogP contribution in [0, 0.1) is 6.92 Å². The summed E-state index contributed by atoms with van der Waals surface area (Å²) in [6.45, 7) is 3.37. The maximum atomic E-state index is 12.2. The molecule has 1 heterocycles. The summed E-state index contributed by atoms with van der Waals surface area (Å²) in [5.41, 5.74) is 2.79. The fourth-order valence-corrected chi connectivity index (χ4v) is 3.19. The zero-order valence-electron chi connectivity index (χ0n) is 17.0. The minimum atomic E-state index is -0.268. The van der Waals surface area contributed by atoms with Crippen LogP contribution in [0.1, 0.15) is 22.8 Å². The number of hydrogen-bond acceptors (Lipinski definition) is 6. The van der Waals surface area contributed by atoms with Crippen molar-refractivity contribution in [3.8, 4) is 0 Å². The minimum Gasteiger partial charge on any atom is -0.326 e. The average Bonchev–Trinajstić information content (AvgIpc) is 2.73. The molecule has 3 amide bonds. The molecular weight excluding hydrogens is 414 g/mol. The highest BCUT2D eigenvalue weighted by molar-refractivity contribution is 7.99. The number of rotatable bonds is 7. The van der Waals surface area contributed by atoms with Crippen molar-refractivity contribution < 1.29 is 14.4 Å². The van der Waals surface area contributed by atoms with E-state index in [1.54, 1.807) is 48.5 Å². The Kier molecular flexibility index (Phi) is 7.34. The molecule has 0 aliphatic carbocycles. The lowest BCUT2D eigenvalue weighted by Gasteiger charge is -2.08. The van der Waals surface area contributed by atoms with Gasteiger partial charge in [0.2, 0.25) is 11.8 Å². The minimum absolute atomic E-state index is 0.133. The van der Waals surface area contributed by atoms with E-state index < -0.39 is 0 Å². The molecule has 3 aromatic rings. The molecule has 8 nitrogen and oxygen atoms in total. The van der Waals surface area contributed by atoms with Gasteiger partial charge in [0.25, 0.3) is 5.91 Å². The van der Waals surface area contributed by atoms with Gasteiger partial charge in [-0.3, -0.25) is 14.4 Å². The number of benzene rings is 2. The van der Waals surface area contributed by atoms with Gasteiger partial charge in [0.05, 0.1) is 5.75 Å². The van der Waals surface area contributed by atoms with Crippen LogP contribution in [0.25, 0.3) is 0 Å². The van der Waals surface area contributed by atoms with Crippen molar-refractivity contribution in [2.24, 2.45) is 0 Å². The monoisotopic (exact) mass is 435 g/mol. The molecule has 0 bridgehead atoms. The van der Waals surface area contributed by atoms with Crippen molar-refractivity contribution in [3.05, 3.63) is 71.8 Å². The van der Waals surface area contributed by atoms with E-state index in [-0.39, 0.29) is 23.5 Å². The zero-order chi connectivity index (χ0) is 22.2. The lowest BCUT2D eigenvalue weighted by molar-refractivity contribution is -0.114. The third kappa shape index (κ3) is 6.93. The van der Waals surface area contributed by atoms with Gasteiger partial charge in [0.1, 0.15) is 5.03 Å². The predicted octanol–water partition coefficient (Wildman–Crippen LogP) is 3.73. The quantitative estimate of drug-likeness (QED) is 0.488. The van der Waals surface area contributed by atoms with Crippen molar-refractivity contribution in [2.45, 2.75) is 18.9 Å². The highest BCUT2D eigenvalue weighted by Crippen LogP contribution is 2.18. The van der Waals surface area contributed by atoms with Gasteiger partial charge in [-0.2, -0.15) is 0 Å². The SMILES string of the molecule is CC(=O)Nc1cccc(NC(=O)CSc2ccc(NC(=O)c3ccc(C)cc3)nn2)c1. The van der Waals surface area contributed by atoms with Crippen LogP contribution >= 0.6 is 11.8 Å². The second kappa shape index (κ2) is 10.4. The Bertz CT molecular complexity index is 1090. The van der Waals surface area contributed by atoms with Crippen LogP contribution in [0.5, 0.6) is 0 Å². The number of thioether (sulfide) groups is 1. The molecule has 0 unspecified atom stereocenters. The summed E-state index contributed by atoms with van der Waals surface area (Å²) in [4.78, 5) is 35.5. The smallest absolute Gasteiger partial charge is 0.256 e. The third-order valence-electron chi connectivity index (χ3n) is 4.01. The molecule has 0 saturated heterocycles. The van der Waals surface area contributed by atoms with E-state index in [1.165, 1.54) is 18.7 Å². The van der Waals surface area contributed by atoms with E-state index in [9.17, 15) is 14.4 Å². The van der Waals surface area contributed by atoms with Crippen molar-refractivity contribution in [3.63, 3.8) is 0 Å². The Morgan fingerprint density at radius 3 is 2.23 bits per heavy atom. The van der Waals surface area contributed by atoms with Gasteiger partial charge in [-0.15, -0.1) is 10.2 Å². The molecular formula is C22H21N5O3S. The van der Waals surface area contributed by atoms with E-state index in [4.69, 9.17) is 0 Å². The summed E-state index contributed by atoms with van der Waals surface area (Å²) < 4.78 is 0. The number of hydrogen-bond donors (Lipinski definition) is 3. The molecule has 158 valence electrons. The Morgan fingerprint density at radius 1 is 0.871 bits per heavy atom. The van der Waals surface area contributed by atoms with Crippen molar-refractivity contribution >= 4 is 46.7 Å². The van der Waals surface area contributed by atoms with E-state index >= 15 is 0 Å². The summed E-state index contributed by atoms with van der Waals surface area (Å²) >= 11 is 1.22. The second-order valence-electron chi connectivity index (χ2n) is 6.68. The normalized spacial score (nSPS) is 10.3. The van der Waals surface area contributed by atoms with Gasteiger partial charge >= 0.3 is 0 Å². The molecule has 0 aliphatic heterocycles. The van der Waals surface area contributed by atoms with Gasteiger partial charge in [-0.1, -0.05) is 35.5 Å². The van der Waals surface area contributed by atoms with Crippen molar-refractivity contribution in [1.82, 2.24) is 10.2 Å². The molecule has 3 N–H and O–H groups in total. The summed E-state index contributed by atoms with van der Waals surface area (Å²) in [5, 5.41) is 16.7. The fraction of sp³-hybridized carbons (Fsp3) is 0.136. The molecule has 0 spiro atoms. The molecule has 0 aliphatic rings. The first-order valence-corrected chi connectivity index (χ1v) is 10.4. The summed E-state index contributed by atoms with van der Waals surface area (Å²) in [6.07, 6.45) is 0. The highest BCUT2D eigenvalue weighted by atomic mass is 32.2. The van der Waals surface area contributed by atoms with Crippen LogP contribution in [-0.2, 0) is 9.59 Å². The molecule has 31 heavy (non-hydrogen) atoms. The summed E-state index contributed by atoms with van der Waals surface area (Å²) in [6, 6.07) is 17.4. The lowest BCUT2D eigenvalue weighted by Crippen LogP contribution is -2.15. The Balaban J connectivity index is 1.49.